The molecule has 5 heteroatoms. The Balaban J connectivity index is 2.34. The third-order valence-corrected chi connectivity index (χ3v) is 3.06. The highest BCUT2D eigenvalue weighted by molar-refractivity contribution is 5.79. The van der Waals surface area contributed by atoms with Crippen LogP contribution < -0.4 is 5.73 Å². The Bertz CT molecular complexity index is 379. The predicted molar refractivity (Wildman–Crippen MR) is 56.0 cm³/mol. The first-order valence-corrected chi connectivity index (χ1v) is 5.02. The number of aryl methyl sites for hydroxylation is 2. The van der Waals surface area contributed by atoms with Gasteiger partial charge in [0.25, 0.3) is 0 Å². The molecule has 2 N–H and O–H groups in total. The van der Waals surface area contributed by atoms with Gasteiger partial charge in [-0.1, -0.05) is 0 Å². The fourth-order valence-electron chi connectivity index (χ4n) is 2.05. The summed E-state index contributed by atoms with van der Waals surface area (Å²) >= 11 is 0. The number of nitrogens with zero attached hydrogens (tertiary/aromatic N) is 3. The van der Waals surface area contributed by atoms with Gasteiger partial charge < -0.3 is 10.6 Å². The van der Waals surface area contributed by atoms with Gasteiger partial charge >= 0.3 is 0 Å². The first-order valence-electron chi connectivity index (χ1n) is 5.02. The third kappa shape index (κ3) is 1.52. The van der Waals surface area contributed by atoms with Crippen LogP contribution in [0.5, 0.6) is 0 Å². The van der Waals surface area contributed by atoms with E-state index in [0.29, 0.717) is 6.42 Å². The SMILES string of the molecule is Cc1cc(C2C(N)CC(=O)N2C)nn1C. The van der Waals surface area contributed by atoms with Gasteiger partial charge in [0, 0.05) is 32.3 Å². The summed E-state index contributed by atoms with van der Waals surface area (Å²) in [5.74, 6) is 0.0933. The van der Waals surface area contributed by atoms with E-state index >= 15 is 0 Å². The van der Waals surface area contributed by atoms with Crippen LogP contribution in [-0.4, -0.2) is 33.7 Å². The van der Waals surface area contributed by atoms with Crippen molar-refractivity contribution in [3.8, 4) is 0 Å². The smallest absolute Gasteiger partial charge is 0.224 e. The zero-order chi connectivity index (χ0) is 11.2. The molecular formula is C10H16N4O. The first kappa shape index (κ1) is 10.2. The highest BCUT2D eigenvalue weighted by Gasteiger charge is 2.37. The maximum Gasteiger partial charge on any atom is 0.224 e. The molecule has 0 bridgehead atoms. The van der Waals surface area contributed by atoms with Crippen LogP contribution in [0.4, 0.5) is 0 Å². The molecule has 5 nitrogen and oxygen atoms in total. The second-order valence-electron chi connectivity index (χ2n) is 4.15. The molecule has 2 heterocycles. The average molecular weight is 208 g/mol. The summed E-state index contributed by atoms with van der Waals surface area (Å²) in [4.78, 5) is 13.2. The van der Waals surface area contributed by atoms with Crippen molar-refractivity contribution >= 4 is 5.91 Å². The molecule has 1 aliphatic heterocycles. The zero-order valence-corrected chi connectivity index (χ0v) is 9.27. The minimum atomic E-state index is -0.142. The number of likely N-dealkylation sites (N-methyl/N-ethyl adjacent to an activating group) is 1. The van der Waals surface area contributed by atoms with Crippen molar-refractivity contribution in [1.29, 1.82) is 0 Å². The molecule has 82 valence electrons. The molecule has 1 fully saturated rings. The lowest BCUT2D eigenvalue weighted by molar-refractivity contribution is -0.127. The molecule has 0 radical (unpaired) electrons. The van der Waals surface area contributed by atoms with Crippen LogP contribution in [0.2, 0.25) is 0 Å². The van der Waals surface area contributed by atoms with Gasteiger partial charge in [-0.3, -0.25) is 9.48 Å². The summed E-state index contributed by atoms with van der Waals surface area (Å²) in [5, 5.41) is 4.37. The summed E-state index contributed by atoms with van der Waals surface area (Å²) in [6, 6.07) is 1.77. The summed E-state index contributed by atoms with van der Waals surface area (Å²) in [5.41, 5.74) is 7.90. The minimum absolute atomic E-state index is 0.0719. The molecule has 0 aliphatic carbocycles. The highest BCUT2D eigenvalue weighted by Crippen LogP contribution is 2.29. The molecule has 0 saturated carbocycles. The monoisotopic (exact) mass is 208 g/mol. The maximum absolute atomic E-state index is 11.5. The Kier molecular flexibility index (Phi) is 2.26. The van der Waals surface area contributed by atoms with Gasteiger partial charge in [0.15, 0.2) is 0 Å². The number of aromatic nitrogens is 2. The van der Waals surface area contributed by atoms with Gasteiger partial charge in [-0.2, -0.15) is 5.10 Å². The van der Waals surface area contributed by atoms with Crippen molar-refractivity contribution in [1.82, 2.24) is 14.7 Å². The van der Waals surface area contributed by atoms with Crippen LogP contribution in [0.1, 0.15) is 23.9 Å². The number of amides is 1. The predicted octanol–water partition coefficient (Wildman–Crippen LogP) is -0.0410. The van der Waals surface area contributed by atoms with E-state index in [1.165, 1.54) is 0 Å². The molecule has 2 rings (SSSR count). The van der Waals surface area contributed by atoms with Crippen molar-refractivity contribution in [2.75, 3.05) is 7.05 Å². The zero-order valence-electron chi connectivity index (χ0n) is 9.27. The van der Waals surface area contributed by atoms with Crippen molar-refractivity contribution in [2.24, 2.45) is 12.8 Å². The van der Waals surface area contributed by atoms with E-state index in [-0.39, 0.29) is 18.0 Å². The molecule has 1 amide bonds. The Morgan fingerprint density at radius 1 is 1.53 bits per heavy atom. The lowest BCUT2D eigenvalue weighted by Gasteiger charge is -2.20. The molecule has 0 aromatic carbocycles. The molecule has 2 atom stereocenters. The number of nitrogens with two attached hydrogens (primary N) is 1. The number of hydrogen-bond acceptors (Lipinski definition) is 3. The quantitative estimate of drug-likeness (QED) is 0.704. The number of carbonyl (C=O) groups is 1. The number of rotatable bonds is 1. The lowest BCUT2D eigenvalue weighted by atomic mass is 10.1. The highest BCUT2D eigenvalue weighted by atomic mass is 16.2. The first-order chi connectivity index (χ1) is 7.00. The van der Waals surface area contributed by atoms with Crippen LogP contribution in [0, 0.1) is 6.92 Å². The van der Waals surface area contributed by atoms with Crippen LogP contribution in [0.3, 0.4) is 0 Å². The minimum Gasteiger partial charge on any atom is -0.335 e. The Labute approximate surface area is 88.8 Å². The van der Waals surface area contributed by atoms with Crippen molar-refractivity contribution in [3.63, 3.8) is 0 Å². The molecule has 1 saturated heterocycles. The molecule has 1 aromatic rings. The number of hydrogen-bond donors (Lipinski definition) is 1. The lowest BCUT2D eigenvalue weighted by Crippen LogP contribution is -2.30. The maximum atomic E-state index is 11.5. The van der Waals surface area contributed by atoms with Crippen LogP contribution >= 0.6 is 0 Å². The Morgan fingerprint density at radius 2 is 2.20 bits per heavy atom. The summed E-state index contributed by atoms with van der Waals surface area (Å²) < 4.78 is 1.80. The van der Waals surface area contributed by atoms with Crippen LogP contribution in [-0.2, 0) is 11.8 Å². The topological polar surface area (TPSA) is 64.2 Å². The summed E-state index contributed by atoms with van der Waals surface area (Å²) in [6.45, 7) is 1.98. The van der Waals surface area contributed by atoms with Crippen molar-refractivity contribution < 1.29 is 4.79 Å². The van der Waals surface area contributed by atoms with E-state index < -0.39 is 0 Å². The standard InChI is InChI=1S/C10H16N4O/c1-6-4-8(12-14(6)3)10-7(11)5-9(15)13(10)2/h4,7,10H,5,11H2,1-3H3. The van der Waals surface area contributed by atoms with Gasteiger partial charge in [0.05, 0.1) is 11.7 Å². The van der Waals surface area contributed by atoms with Crippen molar-refractivity contribution in [3.05, 3.63) is 17.5 Å². The molecule has 0 spiro atoms. The van der Waals surface area contributed by atoms with E-state index in [4.69, 9.17) is 5.73 Å². The van der Waals surface area contributed by atoms with Gasteiger partial charge in [0.2, 0.25) is 5.91 Å². The largest absolute Gasteiger partial charge is 0.335 e. The molecule has 1 aliphatic rings. The summed E-state index contributed by atoms with van der Waals surface area (Å²) in [6.07, 6.45) is 0.413. The molecule has 2 unspecified atom stereocenters. The van der Waals surface area contributed by atoms with Gasteiger partial charge in [-0.05, 0) is 13.0 Å². The number of carbonyl (C=O) groups excluding carboxylic acids is 1. The number of likely N-dealkylation sites (tertiary alicyclic amines) is 1. The Hall–Kier alpha value is -1.36. The molecule has 1 aromatic heterocycles. The van der Waals surface area contributed by atoms with Crippen molar-refractivity contribution in [2.45, 2.75) is 25.4 Å². The van der Waals surface area contributed by atoms with E-state index in [0.717, 1.165) is 11.4 Å². The normalized spacial score (nSPS) is 26.4. The van der Waals surface area contributed by atoms with Crippen LogP contribution in [0.15, 0.2) is 6.07 Å². The fraction of sp³-hybridized carbons (Fsp3) is 0.600. The molecule has 15 heavy (non-hydrogen) atoms. The van der Waals surface area contributed by atoms with E-state index in [9.17, 15) is 4.79 Å². The summed E-state index contributed by atoms with van der Waals surface area (Å²) in [7, 11) is 3.67. The second-order valence-corrected chi connectivity index (χ2v) is 4.15. The van der Waals surface area contributed by atoms with Gasteiger partial charge in [-0.15, -0.1) is 0 Å². The average Bonchev–Trinajstić information content (AvgIpc) is 2.57. The fourth-order valence-corrected chi connectivity index (χ4v) is 2.05. The van der Waals surface area contributed by atoms with Crippen LogP contribution in [0.25, 0.3) is 0 Å². The molecular weight excluding hydrogens is 192 g/mol. The van der Waals surface area contributed by atoms with E-state index in [1.54, 1.807) is 16.6 Å². The van der Waals surface area contributed by atoms with E-state index in [2.05, 4.69) is 5.10 Å². The van der Waals surface area contributed by atoms with Gasteiger partial charge in [0.1, 0.15) is 0 Å². The van der Waals surface area contributed by atoms with Gasteiger partial charge in [-0.25, -0.2) is 0 Å². The third-order valence-electron chi connectivity index (χ3n) is 3.06. The Morgan fingerprint density at radius 3 is 2.60 bits per heavy atom. The second kappa shape index (κ2) is 3.34. The van der Waals surface area contributed by atoms with E-state index in [1.807, 2.05) is 20.0 Å².